The first-order valence-corrected chi connectivity index (χ1v) is 8.54. The van der Waals surface area contributed by atoms with Crippen molar-refractivity contribution in [3.8, 4) is 11.3 Å². The summed E-state index contributed by atoms with van der Waals surface area (Å²) in [4.78, 5) is 9.01. The van der Waals surface area contributed by atoms with E-state index in [1.807, 2.05) is 18.3 Å². The number of nitrogens with one attached hydrogen (secondary N) is 2. The van der Waals surface area contributed by atoms with E-state index in [0.29, 0.717) is 11.9 Å². The summed E-state index contributed by atoms with van der Waals surface area (Å²) >= 11 is 0. The van der Waals surface area contributed by atoms with Gasteiger partial charge in [-0.15, -0.1) is 0 Å². The molecule has 1 atom stereocenters. The Balaban J connectivity index is 1.60. The van der Waals surface area contributed by atoms with Gasteiger partial charge < -0.3 is 5.32 Å². The van der Waals surface area contributed by atoms with Crippen molar-refractivity contribution in [2.45, 2.75) is 38.6 Å². The largest absolute Gasteiger partial charge is 0.347 e. The molecule has 6 heteroatoms. The molecule has 3 aromatic rings. The average Bonchev–Trinajstić information content (AvgIpc) is 3.22. The maximum atomic E-state index is 13.4. The van der Waals surface area contributed by atoms with Gasteiger partial charge in [0.2, 0.25) is 5.95 Å². The second-order valence-electron chi connectivity index (χ2n) is 6.68. The maximum Gasteiger partial charge on any atom is 0.223 e. The molecule has 5 nitrogen and oxygen atoms in total. The van der Waals surface area contributed by atoms with Gasteiger partial charge in [0.25, 0.3) is 0 Å². The van der Waals surface area contributed by atoms with E-state index in [9.17, 15) is 4.39 Å². The Morgan fingerprint density at radius 2 is 2.16 bits per heavy atom. The van der Waals surface area contributed by atoms with Crippen LogP contribution in [-0.4, -0.2) is 20.2 Å². The van der Waals surface area contributed by atoms with Crippen molar-refractivity contribution in [1.29, 1.82) is 0 Å². The molecule has 0 spiro atoms. The first-order valence-electron chi connectivity index (χ1n) is 8.54. The highest BCUT2D eigenvalue weighted by Gasteiger charge is 2.23. The zero-order chi connectivity index (χ0) is 17.4. The molecule has 0 aliphatic heterocycles. The lowest BCUT2D eigenvalue weighted by atomic mass is 10.0. The Morgan fingerprint density at radius 3 is 3.00 bits per heavy atom. The van der Waals surface area contributed by atoms with Gasteiger partial charge in [-0.05, 0) is 48.1 Å². The summed E-state index contributed by atoms with van der Waals surface area (Å²) in [7, 11) is 0. The lowest BCUT2D eigenvalue weighted by Crippen LogP contribution is -2.10. The van der Waals surface area contributed by atoms with Crippen LogP contribution in [0.4, 0.5) is 10.3 Å². The quantitative estimate of drug-likeness (QED) is 0.748. The number of hydrogen-bond donors (Lipinski definition) is 2. The molecular formula is C19H20FN5. The predicted octanol–water partition coefficient (Wildman–Crippen LogP) is 4.23. The summed E-state index contributed by atoms with van der Waals surface area (Å²) < 4.78 is 13.4. The maximum absolute atomic E-state index is 13.4. The highest BCUT2D eigenvalue weighted by molar-refractivity contribution is 5.62. The van der Waals surface area contributed by atoms with Gasteiger partial charge >= 0.3 is 0 Å². The van der Waals surface area contributed by atoms with Crippen LogP contribution in [0.25, 0.3) is 11.3 Å². The van der Waals surface area contributed by atoms with Crippen molar-refractivity contribution < 1.29 is 4.39 Å². The third kappa shape index (κ3) is 2.99. The lowest BCUT2D eigenvalue weighted by Gasteiger charge is -2.14. The normalized spacial score (nSPS) is 16.2. The van der Waals surface area contributed by atoms with Crippen molar-refractivity contribution in [1.82, 2.24) is 20.2 Å². The molecule has 4 rings (SSSR count). The van der Waals surface area contributed by atoms with Gasteiger partial charge in [0.15, 0.2) is 0 Å². The van der Waals surface area contributed by atoms with E-state index in [-0.39, 0.29) is 11.9 Å². The molecule has 128 valence electrons. The molecule has 0 bridgehead atoms. The number of H-pyrrole nitrogens is 1. The van der Waals surface area contributed by atoms with Gasteiger partial charge in [-0.3, -0.25) is 5.10 Å². The number of halogens is 1. The van der Waals surface area contributed by atoms with Crippen molar-refractivity contribution in [2.75, 3.05) is 5.32 Å². The van der Waals surface area contributed by atoms with Crippen LogP contribution < -0.4 is 5.32 Å². The number of anilines is 1. The third-order valence-electron chi connectivity index (χ3n) is 4.63. The van der Waals surface area contributed by atoms with E-state index >= 15 is 0 Å². The molecule has 1 aliphatic rings. The third-order valence-corrected chi connectivity index (χ3v) is 4.63. The zero-order valence-electron chi connectivity index (χ0n) is 14.3. The van der Waals surface area contributed by atoms with Crippen LogP contribution in [0.3, 0.4) is 0 Å². The predicted molar refractivity (Wildman–Crippen MR) is 94.8 cm³/mol. The van der Waals surface area contributed by atoms with Gasteiger partial charge in [-0.2, -0.15) is 5.10 Å². The first kappa shape index (κ1) is 15.7. The molecule has 0 amide bonds. The smallest absolute Gasteiger partial charge is 0.223 e. The number of aromatic amines is 1. The minimum Gasteiger partial charge on any atom is -0.347 e. The molecule has 2 heterocycles. The monoisotopic (exact) mass is 337 g/mol. The second-order valence-corrected chi connectivity index (χ2v) is 6.68. The molecule has 2 aromatic heterocycles. The SMILES string of the molecule is CC(C)c1n[nH]cc1-c1ccnc(NC2CCc3cc(F)ccc32)n1. The van der Waals surface area contributed by atoms with Crippen LogP contribution in [0, 0.1) is 5.82 Å². The van der Waals surface area contributed by atoms with Crippen molar-refractivity contribution in [2.24, 2.45) is 0 Å². The summed E-state index contributed by atoms with van der Waals surface area (Å²) in [6, 6.07) is 6.98. The molecule has 0 fully saturated rings. The number of rotatable bonds is 4. The molecule has 1 aliphatic carbocycles. The average molecular weight is 337 g/mol. The first-order chi connectivity index (χ1) is 12.1. The van der Waals surface area contributed by atoms with Crippen LogP contribution in [0.1, 0.15) is 49.0 Å². The molecular weight excluding hydrogens is 317 g/mol. The number of nitrogens with zero attached hydrogens (tertiary/aromatic N) is 3. The summed E-state index contributed by atoms with van der Waals surface area (Å²) in [6.45, 7) is 4.21. The second kappa shape index (κ2) is 6.27. The minimum absolute atomic E-state index is 0.111. The van der Waals surface area contributed by atoms with E-state index in [1.54, 1.807) is 12.3 Å². The van der Waals surface area contributed by atoms with E-state index in [2.05, 4.69) is 39.3 Å². The van der Waals surface area contributed by atoms with Crippen molar-refractivity contribution in [3.05, 3.63) is 59.3 Å². The highest BCUT2D eigenvalue weighted by Crippen LogP contribution is 2.34. The van der Waals surface area contributed by atoms with Crippen LogP contribution in [-0.2, 0) is 6.42 Å². The highest BCUT2D eigenvalue weighted by atomic mass is 19.1. The van der Waals surface area contributed by atoms with E-state index in [0.717, 1.165) is 40.9 Å². The van der Waals surface area contributed by atoms with Gasteiger partial charge in [0.1, 0.15) is 5.82 Å². The molecule has 0 radical (unpaired) electrons. The van der Waals surface area contributed by atoms with E-state index < -0.39 is 0 Å². The summed E-state index contributed by atoms with van der Waals surface area (Å²) in [5, 5.41) is 10.6. The summed E-state index contributed by atoms with van der Waals surface area (Å²) in [6.07, 6.45) is 5.40. The number of aromatic nitrogens is 4. The van der Waals surface area contributed by atoms with Crippen molar-refractivity contribution >= 4 is 5.95 Å². The standard InChI is InChI=1S/C19H20FN5/c1-11(2)18-15(10-22-25-18)17-7-8-21-19(24-17)23-16-6-3-12-9-13(20)4-5-14(12)16/h4-5,7-11,16H,3,6H2,1-2H3,(H,22,25)(H,21,23,24). The van der Waals surface area contributed by atoms with E-state index in [1.165, 1.54) is 6.07 Å². The van der Waals surface area contributed by atoms with Crippen LogP contribution in [0.2, 0.25) is 0 Å². The van der Waals surface area contributed by atoms with Gasteiger partial charge in [0.05, 0.1) is 17.4 Å². The summed E-state index contributed by atoms with van der Waals surface area (Å²) in [5.74, 6) is 0.707. The molecule has 1 aromatic carbocycles. The molecule has 2 N–H and O–H groups in total. The van der Waals surface area contributed by atoms with E-state index in [4.69, 9.17) is 0 Å². The molecule has 1 unspecified atom stereocenters. The number of benzene rings is 1. The molecule has 0 saturated heterocycles. The van der Waals surface area contributed by atoms with Crippen LogP contribution in [0.15, 0.2) is 36.7 Å². The molecule has 25 heavy (non-hydrogen) atoms. The topological polar surface area (TPSA) is 66.5 Å². The fourth-order valence-corrected chi connectivity index (χ4v) is 3.42. The number of aryl methyl sites for hydroxylation is 1. The Morgan fingerprint density at radius 1 is 1.28 bits per heavy atom. The van der Waals surface area contributed by atoms with Crippen LogP contribution in [0.5, 0.6) is 0 Å². The van der Waals surface area contributed by atoms with Crippen LogP contribution >= 0.6 is 0 Å². The number of hydrogen-bond acceptors (Lipinski definition) is 4. The Hall–Kier alpha value is -2.76. The lowest BCUT2D eigenvalue weighted by molar-refractivity contribution is 0.626. The Labute approximate surface area is 145 Å². The minimum atomic E-state index is -0.182. The van der Waals surface area contributed by atoms with Gasteiger partial charge in [-0.1, -0.05) is 19.9 Å². The zero-order valence-corrected chi connectivity index (χ0v) is 14.3. The molecule has 0 saturated carbocycles. The summed E-state index contributed by atoms with van der Waals surface area (Å²) in [5.41, 5.74) is 5.01. The van der Waals surface area contributed by atoms with Gasteiger partial charge in [-0.25, -0.2) is 14.4 Å². The van der Waals surface area contributed by atoms with Gasteiger partial charge in [0, 0.05) is 18.0 Å². The Kier molecular flexibility index (Phi) is 3.95. The fourth-order valence-electron chi connectivity index (χ4n) is 3.42. The fraction of sp³-hybridized carbons (Fsp3) is 0.316. The Bertz CT molecular complexity index is 902. The van der Waals surface area contributed by atoms with Crippen molar-refractivity contribution in [3.63, 3.8) is 0 Å². The number of fused-ring (bicyclic) bond motifs is 1.